The number of anilines is 1. The van der Waals surface area contributed by atoms with Crippen molar-refractivity contribution in [1.29, 1.82) is 0 Å². The Balaban J connectivity index is 1.35. The number of piperidine rings is 1. The molecule has 2 heterocycles. The zero-order valence-electron chi connectivity index (χ0n) is 17.4. The predicted octanol–water partition coefficient (Wildman–Crippen LogP) is 1.17. The maximum atomic E-state index is 12.9. The highest BCUT2D eigenvalue weighted by Gasteiger charge is 2.28. The van der Waals surface area contributed by atoms with Gasteiger partial charge < -0.3 is 10.2 Å². The highest BCUT2D eigenvalue weighted by Crippen LogP contribution is 2.23. The number of H-pyrrole nitrogens is 1. The van der Waals surface area contributed by atoms with Crippen LogP contribution in [0.25, 0.3) is 11.4 Å². The lowest BCUT2D eigenvalue weighted by atomic mass is 9.95. The Morgan fingerprint density at radius 2 is 1.82 bits per heavy atom. The first-order valence-corrected chi connectivity index (χ1v) is 11.6. The van der Waals surface area contributed by atoms with E-state index in [4.69, 9.17) is 5.14 Å². The maximum absolute atomic E-state index is 12.9. The number of carbonyl (C=O) groups is 2. The Kier molecular flexibility index (Phi) is 6.11. The number of nitrogens with zero attached hydrogens (tertiary/aromatic N) is 2. The van der Waals surface area contributed by atoms with E-state index >= 15 is 0 Å². The molecule has 0 saturated carbocycles. The highest BCUT2D eigenvalue weighted by molar-refractivity contribution is 7.89. The van der Waals surface area contributed by atoms with Crippen molar-refractivity contribution >= 4 is 27.5 Å². The summed E-state index contributed by atoms with van der Waals surface area (Å²) < 4.78 is 27.2. The molecule has 0 bridgehead atoms. The summed E-state index contributed by atoms with van der Waals surface area (Å²) in [5, 5.41) is 11.5. The van der Waals surface area contributed by atoms with Crippen LogP contribution >= 0.6 is 0 Å². The number of benzene rings is 2. The Bertz CT molecular complexity index is 1340. The predicted molar refractivity (Wildman–Crippen MR) is 118 cm³/mol. The molecule has 0 aliphatic carbocycles. The van der Waals surface area contributed by atoms with Crippen LogP contribution in [0.2, 0.25) is 0 Å². The fourth-order valence-electron chi connectivity index (χ4n) is 3.65. The van der Waals surface area contributed by atoms with Gasteiger partial charge in [0.2, 0.25) is 15.9 Å². The van der Waals surface area contributed by atoms with E-state index in [9.17, 15) is 22.8 Å². The topological polar surface area (TPSA) is 168 Å². The third-order valence-electron chi connectivity index (χ3n) is 5.43. The first kappa shape index (κ1) is 22.4. The molecule has 12 heteroatoms. The standard InChI is InChI=1S/C21H21N5O6S/c22-33(30,31)17-6-4-16(5-7-17)23-19(27)13-8-10-26(11-9-13)20(28)15-3-1-2-14(12-15)18-24-21(29)32-25-18/h1-7,12-13H,8-11H2,(H,23,27)(H2,22,30,31)(H,24,25,29). The van der Waals surface area contributed by atoms with Gasteiger partial charge in [0, 0.05) is 35.8 Å². The van der Waals surface area contributed by atoms with Crippen LogP contribution in [0.1, 0.15) is 23.2 Å². The van der Waals surface area contributed by atoms with Gasteiger partial charge in [0.15, 0.2) is 5.82 Å². The molecule has 0 atom stereocenters. The molecule has 1 aromatic heterocycles. The van der Waals surface area contributed by atoms with E-state index < -0.39 is 15.8 Å². The molecule has 4 N–H and O–H groups in total. The molecule has 0 radical (unpaired) electrons. The van der Waals surface area contributed by atoms with Gasteiger partial charge in [-0.1, -0.05) is 17.3 Å². The van der Waals surface area contributed by atoms with Crippen LogP contribution in [0.4, 0.5) is 5.69 Å². The van der Waals surface area contributed by atoms with Crippen molar-refractivity contribution in [1.82, 2.24) is 15.0 Å². The summed E-state index contributed by atoms with van der Waals surface area (Å²) in [5.41, 5.74) is 1.46. The molecule has 1 saturated heterocycles. The molecule has 0 unspecified atom stereocenters. The monoisotopic (exact) mass is 471 g/mol. The largest absolute Gasteiger partial charge is 0.439 e. The zero-order valence-corrected chi connectivity index (χ0v) is 18.2. The number of aromatic nitrogens is 2. The van der Waals surface area contributed by atoms with Crippen LogP contribution in [0.3, 0.4) is 0 Å². The zero-order chi connectivity index (χ0) is 23.6. The first-order chi connectivity index (χ1) is 15.7. The lowest BCUT2D eigenvalue weighted by molar-refractivity contribution is -0.121. The lowest BCUT2D eigenvalue weighted by Crippen LogP contribution is -2.41. The van der Waals surface area contributed by atoms with E-state index in [0.717, 1.165) is 0 Å². The molecule has 1 aliphatic heterocycles. The summed E-state index contributed by atoms with van der Waals surface area (Å²) >= 11 is 0. The first-order valence-electron chi connectivity index (χ1n) is 10.1. The van der Waals surface area contributed by atoms with Crippen LogP contribution < -0.4 is 16.2 Å². The molecule has 4 rings (SSSR count). The van der Waals surface area contributed by atoms with E-state index in [0.29, 0.717) is 42.7 Å². The molecule has 2 aromatic carbocycles. The molecule has 2 amide bonds. The van der Waals surface area contributed by atoms with Gasteiger partial charge in [0.25, 0.3) is 5.91 Å². The third kappa shape index (κ3) is 5.18. The van der Waals surface area contributed by atoms with Crippen molar-refractivity contribution in [2.75, 3.05) is 18.4 Å². The quantitative estimate of drug-likeness (QED) is 0.502. The van der Waals surface area contributed by atoms with Crippen LogP contribution in [0, 0.1) is 5.92 Å². The normalized spacial score (nSPS) is 14.8. The minimum Gasteiger partial charge on any atom is -0.339 e. The van der Waals surface area contributed by atoms with Crippen LogP contribution in [-0.4, -0.2) is 48.4 Å². The summed E-state index contributed by atoms with van der Waals surface area (Å²) in [4.78, 5) is 40.8. The Morgan fingerprint density at radius 3 is 2.42 bits per heavy atom. The van der Waals surface area contributed by atoms with Crippen molar-refractivity contribution in [2.45, 2.75) is 17.7 Å². The molecule has 33 heavy (non-hydrogen) atoms. The Labute approximate surface area is 188 Å². The molecule has 172 valence electrons. The molecular formula is C21H21N5O6S. The molecule has 3 aromatic rings. The van der Waals surface area contributed by atoms with Gasteiger partial charge in [-0.25, -0.2) is 18.4 Å². The lowest BCUT2D eigenvalue weighted by Gasteiger charge is -2.31. The number of hydrogen-bond donors (Lipinski definition) is 3. The third-order valence-corrected chi connectivity index (χ3v) is 6.36. The number of primary sulfonamides is 1. The number of rotatable bonds is 5. The SMILES string of the molecule is NS(=O)(=O)c1ccc(NC(=O)C2CCN(C(=O)c3cccc(-c4noc(=O)[nH]4)c3)CC2)cc1. The minimum atomic E-state index is -3.80. The van der Waals surface area contributed by atoms with Gasteiger partial charge in [-0.3, -0.25) is 19.1 Å². The van der Waals surface area contributed by atoms with Crippen molar-refractivity contribution in [3.8, 4) is 11.4 Å². The number of nitrogens with one attached hydrogen (secondary N) is 2. The number of aromatic amines is 1. The van der Waals surface area contributed by atoms with E-state index in [-0.39, 0.29) is 28.5 Å². The summed E-state index contributed by atoms with van der Waals surface area (Å²) in [5.74, 6) is -1.09. The number of hydrogen-bond acceptors (Lipinski definition) is 7. The fourth-order valence-corrected chi connectivity index (χ4v) is 4.17. The van der Waals surface area contributed by atoms with Crippen molar-refractivity contribution in [3.05, 3.63) is 64.6 Å². The van der Waals surface area contributed by atoms with Gasteiger partial charge >= 0.3 is 5.76 Å². The Hall–Kier alpha value is -3.77. The van der Waals surface area contributed by atoms with E-state index in [1.54, 1.807) is 29.2 Å². The number of nitrogens with two attached hydrogens (primary N) is 1. The van der Waals surface area contributed by atoms with Crippen LogP contribution in [0.15, 0.2) is 62.7 Å². The van der Waals surface area contributed by atoms with E-state index in [1.807, 2.05) is 0 Å². The molecular weight excluding hydrogens is 450 g/mol. The molecule has 0 spiro atoms. The van der Waals surface area contributed by atoms with E-state index in [1.165, 1.54) is 24.3 Å². The van der Waals surface area contributed by atoms with Gasteiger partial charge in [-0.05, 0) is 49.2 Å². The number of sulfonamides is 1. The highest BCUT2D eigenvalue weighted by atomic mass is 32.2. The maximum Gasteiger partial charge on any atom is 0.439 e. The van der Waals surface area contributed by atoms with Crippen LogP contribution in [0.5, 0.6) is 0 Å². The summed E-state index contributed by atoms with van der Waals surface area (Å²) in [7, 11) is -3.80. The number of likely N-dealkylation sites (tertiary alicyclic amines) is 1. The summed E-state index contributed by atoms with van der Waals surface area (Å²) in [6, 6.07) is 12.3. The van der Waals surface area contributed by atoms with Crippen LogP contribution in [-0.2, 0) is 14.8 Å². The second-order valence-corrected chi connectivity index (χ2v) is 9.21. The number of amides is 2. The van der Waals surface area contributed by atoms with Gasteiger partial charge in [0.1, 0.15) is 0 Å². The second-order valence-electron chi connectivity index (χ2n) is 7.65. The van der Waals surface area contributed by atoms with Gasteiger partial charge in [-0.2, -0.15) is 0 Å². The van der Waals surface area contributed by atoms with Gasteiger partial charge in [0.05, 0.1) is 4.90 Å². The average Bonchev–Trinajstić information content (AvgIpc) is 3.25. The minimum absolute atomic E-state index is 0.0358. The van der Waals surface area contributed by atoms with Crippen molar-refractivity contribution in [3.63, 3.8) is 0 Å². The Morgan fingerprint density at radius 1 is 1.12 bits per heavy atom. The molecule has 1 aliphatic rings. The fraction of sp³-hybridized carbons (Fsp3) is 0.238. The molecule has 1 fully saturated rings. The van der Waals surface area contributed by atoms with Crippen molar-refractivity contribution in [2.24, 2.45) is 11.1 Å². The van der Waals surface area contributed by atoms with E-state index in [2.05, 4.69) is 20.0 Å². The number of carbonyl (C=O) groups excluding carboxylic acids is 2. The molecule has 11 nitrogen and oxygen atoms in total. The summed E-state index contributed by atoms with van der Waals surface area (Å²) in [6.07, 6.45) is 0.978. The summed E-state index contributed by atoms with van der Waals surface area (Å²) in [6.45, 7) is 0.818. The average molecular weight is 471 g/mol. The second kappa shape index (κ2) is 9.00. The smallest absolute Gasteiger partial charge is 0.339 e. The van der Waals surface area contributed by atoms with Gasteiger partial charge in [-0.15, -0.1) is 0 Å². The van der Waals surface area contributed by atoms with Crippen molar-refractivity contribution < 1.29 is 22.5 Å².